The highest BCUT2D eigenvalue weighted by molar-refractivity contribution is 6.34. The summed E-state index contributed by atoms with van der Waals surface area (Å²) < 4.78 is 1.73. The Hall–Kier alpha value is -1.59. The van der Waals surface area contributed by atoms with Gasteiger partial charge in [0.1, 0.15) is 0 Å². The molecule has 0 saturated carbocycles. The lowest BCUT2D eigenvalue weighted by Crippen LogP contribution is -2.35. The number of nitrogens with zero attached hydrogens (tertiary/aromatic N) is 2. The van der Waals surface area contributed by atoms with Gasteiger partial charge in [-0.05, 0) is 31.0 Å². The second-order valence-corrected chi connectivity index (χ2v) is 5.89. The van der Waals surface area contributed by atoms with Crippen LogP contribution in [0, 0.1) is 5.92 Å². The first-order valence-corrected chi connectivity index (χ1v) is 7.08. The molecule has 1 aromatic heterocycles. The number of benzene rings is 1. The first kappa shape index (κ1) is 13.4. The molecule has 1 amide bonds. The van der Waals surface area contributed by atoms with Crippen LogP contribution in [0.2, 0.25) is 5.02 Å². The predicted molar refractivity (Wildman–Crippen MR) is 79.9 cm³/mol. The Balaban J connectivity index is 1.83. The van der Waals surface area contributed by atoms with Crippen molar-refractivity contribution in [3.63, 3.8) is 0 Å². The quantitative estimate of drug-likeness (QED) is 0.892. The molecule has 2 atom stereocenters. The molecule has 1 aliphatic heterocycles. The molecule has 5 nitrogen and oxygen atoms in total. The molecule has 0 aliphatic carbocycles. The van der Waals surface area contributed by atoms with E-state index in [-0.39, 0.29) is 11.9 Å². The molecule has 106 valence electrons. The van der Waals surface area contributed by atoms with Gasteiger partial charge in [0, 0.05) is 18.6 Å². The van der Waals surface area contributed by atoms with E-state index in [1.807, 2.05) is 19.3 Å². The van der Waals surface area contributed by atoms with Gasteiger partial charge in [-0.15, -0.1) is 0 Å². The number of hydrogen-bond acceptors (Lipinski definition) is 3. The fourth-order valence-corrected chi connectivity index (χ4v) is 2.80. The lowest BCUT2D eigenvalue weighted by atomic mass is 10.1. The van der Waals surface area contributed by atoms with E-state index in [9.17, 15) is 4.79 Å². The molecule has 1 aliphatic rings. The van der Waals surface area contributed by atoms with Crippen molar-refractivity contribution in [2.45, 2.75) is 19.4 Å². The molecule has 20 heavy (non-hydrogen) atoms. The van der Waals surface area contributed by atoms with Crippen LogP contribution in [-0.4, -0.2) is 28.3 Å². The number of anilines is 1. The molecule has 1 unspecified atom stereocenters. The molecule has 0 bridgehead atoms. The van der Waals surface area contributed by atoms with Gasteiger partial charge in [0.2, 0.25) is 5.91 Å². The zero-order valence-corrected chi connectivity index (χ0v) is 12.2. The predicted octanol–water partition coefficient (Wildman–Crippen LogP) is 2.16. The third-order valence-corrected chi connectivity index (χ3v) is 3.95. The van der Waals surface area contributed by atoms with Gasteiger partial charge in [0.15, 0.2) is 0 Å². The van der Waals surface area contributed by atoms with E-state index in [2.05, 4.69) is 22.7 Å². The summed E-state index contributed by atoms with van der Waals surface area (Å²) >= 11 is 6.21. The Morgan fingerprint density at radius 2 is 2.35 bits per heavy atom. The van der Waals surface area contributed by atoms with E-state index in [0.29, 0.717) is 16.6 Å². The molecule has 2 N–H and O–H groups in total. The Morgan fingerprint density at radius 1 is 1.55 bits per heavy atom. The van der Waals surface area contributed by atoms with E-state index in [1.165, 1.54) is 0 Å². The number of halogens is 1. The van der Waals surface area contributed by atoms with Crippen LogP contribution in [0.5, 0.6) is 0 Å². The SMILES string of the molecule is CC1CN[C@H](C(=O)Nc2cc3cn(C)nc3cc2Cl)C1. The second-order valence-electron chi connectivity index (χ2n) is 5.48. The number of carbonyl (C=O) groups is 1. The molecule has 0 radical (unpaired) electrons. The Kier molecular flexibility index (Phi) is 3.40. The highest BCUT2D eigenvalue weighted by atomic mass is 35.5. The van der Waals surface area contributed by atoms with Gasteiger partial charge in [-0.3, -0.25) is 9.48 Å². The van der Waals surface area contributed by atoms with Crippen LogP contribution in [-0.2, 0) is 11.8 Å². The number of aromatic nitrogens is 2. The van der Waals surface area contributed by atoms with Crippen molar-refractivity contribution in [1.82, 2.24) is 15.1 Å². The number of hydrogen-bond donors (Lipinski definition) is 2. The van der Waals surface area contributed by atoms with Crippen LogP contribution >= 0.6 is 11.6 Å². The fourth-order valence-electron chi connectivity index (χ4n) is 2.60. The summed E-state index contributed by atoms with van der Waals surface area (Å²) in [6, 6.07) is 3.50. The minimum absolute atomic E-state index is 0.0282. The molecular weight excluding hydrogens is 276 g/mol. The average molecular weight is 293 g/mol. The number of carbonyl (C=O) groups excluding carboxylic acids is 1. The van der Waals surface area contributed by atoms with Crippen molar-refractivity contribution in [3.8, 4) is 0 Å². The Labute approximate surface area is 122 Å². The normalized spacial score (nSPS) is 22.4. The summed E-state index contributed by atoms with van der Waals surface area (Å²) in [5.74, 6) is 0.501. The maximum absolute atomic E-state index is 12.2. The Morgan fingerprint density at radius 3 is 3.05 bits per heavy atom. The van der Waals surface area contributed by atoms with Crippen molar-refractivity contribution in [2.75, 3.05) is 11.9 Å². The summed E-state index contributed by atoms with van der Waals surface area (Å²) in [4.78, 5) is 12.2. The molecular formula is C14H17ClN4O. The highest BCUT2D eigenvalue weighted by Crippen LogP contribution is 2.28. The minimum Gasteiger partial charge on any atom is -0.323 e. The van der Waals surface area contributed by atoms with Crippen LogP contribution in [0.25, 0.3) is 10.9 Å². The molecule has 6 heteroatoms. The fraction of sp³-hybridized carbons (Fsp3) is 0.429. The lowest BCUT2D eigenvalue weighted by molar-refractivity contribution is -0.117. The molecule has 1 saturated heterocycles. The average Bonchev–Trinajstić information content (AvgIpc) is 2.95. The summed E-state index contributed by atoms with van der Waals surface area (Å²) in [7, 11) is 1.86. The van der Waals surface area contributed by atoms with E-state index in [4.69, 9.17) is 11.6 Å². The van der Waals surface area contributed by atoms with Crippen molar-refractivity contribution >= 4 is 34.1 Å². The van der Waals surface area contributed by atoms with E-state index < -0.39 is 0 Å². The van der Waals surface area contributed by atoms with Crippen molar-refractivity contribution in [2.24, 2.45) is 13.0 Å². The van der Waals surface area contributed by atoms with Crippen molar-refractivity contribution in [3.05, 3.63) is 23.4 Å². The second kappa shape index (κ2) is 5.07. The third-order valence-electron chi connectivity index (χ3n) is 3.63. The maximum Gasteiger partial charge on any atom is 0.241 e. The van der Waals surface area contributed by atoms with E-state index in [0.717, 1.165) is 23.9 Å². The minimum atomic E-state index is -0.134. The monoisotopic (exact) mass is 292 g/mol. The summed E-state index contributed by atoms with van der Waals surface area (Å²) in [5, 5.41) is 11.9. The van der Waals surface area contributed by atoms with Gasteiger partial charge >= 0.3 is 0 Å². The number of nitrogens with one attached hydrogen (secondary N) is 2. The Bertz CT molecular complexity index is 666. The molecule has 1 aromatic carbocycles. The zero-order valence-electron chi connectivity index (χ0n) is 11.5. The smallest absolute Gasteiger partial charge is 0.241 e. The van der Waals surface area contributed by atoms with Crippen LogP contribution in [0.1, 0.15) is 13.3 Å². The van der Waals surface area contributed by atoms with Gasteiger partial charge in [0.25, 0.3) is 0 Å². The highest BCUT2D eigenvalue weighted by Gasteiger charge is 2.27. The van der Waals surface area contributed by atoms with Crippen LogP contribution in [0.15, 0.2) is 18.3 Å². The number of aryl methyl sites for hydroxylation is 1. The lowest BCUT2D eigenvalue weighted by Gasteiger charge is -2.12. The van der Waals surface area contributed by atoms with Gasteiger partial charge in [0.05, 0.1) is 22.3 Å². The first-order chi connectivity index (χ1) is 9.52. The van der Waals surface area contributed by atoms with Gasteiger partial charge in [-0.1, -0.05) is 18.5 Å². The molecule has 2 heterocycles. The topological polar surface area (TPSA) is 59.0 Å². The van der Waals surface area contributed by atoms with Crippen LogP contribution in [0.3, 0.4) is 0 Å². The number of fused-ring (bicyclic) bond motifs is 1. The van der Waals surface area contributed by atoms with Gasteiger partial charge < -0.3 is 10.6 Å². The van der Waals surface area contributed by atoms with Crippen molar-refractivity contribution in [1.29, 1.82) is 0 Å². The van der Waals surface area contributed by atoms with Crippen LogP contribution in [0.4, 0.5) is 5.69 Å². The number of rotatable bonds is 2. The summed E-state index contributed by atoms with van der Waals surface area (Å²) in [6.07, 6.45) is 2.76. The van der Waals surface area contributed by atoms with E-state index in [1.54, 1.807) is 10.7 Å². The summed E-state index contributed by atoms with van der Waals surface area (Å²) in [6.45, 7) is 3.02. The van der Waals surface area contributed by atoms with E-state index >= 15 is 0 Å². The molecule has 3 rings (SSSR count). The van der Waals surface area contributed by atoms with Crippen LogP contribution < -0.4 is 10.6 Å². The molecule has 2 aromatic rings. The first-order valence-electron chi connectivity index (χ1n) is 6.70. The van der Waals surface area contributed by atoms with Gasteiger partial charge in [-0.2, -0.15) is 5.10 Å². The van der Waals surface area contributed by atoms with Gasteiger partial charge in [-0.25, -0.2) is 0 Å². The summed E-state index contributed by atoms with van der Waals surface area (Å²) in [5.41, 5.74) is 1.46. The van der Waals surface area contributed by atoms with Crippen molar-refractivity contribution < 1.29 is 4.79 Å². The molecule has 1 fully saturated rings. The standard InChI is InChI=1S/C14H17ClN4O/c1-8-3-13(16-6-8)14(20)17-12-4-9-7-19(2)18-11(9)5-10(12)15/h4-5,7-8,13,16H,3,6H2,1-2H3,(H,17,20)/t8?,13-/m0/s1. The number of amides is 1. The largest absolute Gasteiger partial charge is 0.323 e. The maximum atomic E-state index is 12.2. The molecule has 0 spiro atoms. The third kappa shape index (κ3) is 2.51. The zero-order chi connectivity index (χ0) is 14.3.